The lowest BCUT2D eigenvalue weighted by Gasteiger charge is -2.21. The average Bonchev–Trinajstić information content (AvgIpc) is 3.05. The van der Waals surface area contributed by atoms with Crippen molar-refractivity contribution in [2.24, 2.45) is 0 Å². The van der Waals surface area contributed by atoms with E-state index in [1.807, 2.05) is 29.2 Å². The van der Waals surface area contributed by atoms with Crippen molar-refractivity contribution >= 4 is 23.2 Å². The van der Waals surface area contributed by atoms with Gasteiger partial charge in [0.1, 0.15) is 0 Å². The van der Waals surface area contributed by atoms with E-state index in [4.69, 9.17) is 0 Å². The second-order valence-corrected chi connectivity index (χ2v) is 7.46. The minimum absolute atomic E-state index is 0.0186. The topological polar surface area (TPSA) is 52.7 Å². The zero-order valence-corrected chi connectivity index (χ0v) is 17.5. The maximum atomic E-state index is 12.8. The van der Waals surface area contributed by atoms with Crippen LogP contribution >= 0.6 is 0 Å². The summed E-state index contributed by atoms with van der Waals surface area (Å²) in [6.45, 7) is 7.74. The van der Waals surface area contributed by atoms with Gasteiger partial charge >= 0.3 is 0 Å². The Kier molecular flexibility index (Phi) is 7.28. The van der Waals surface area contributed by atoms with Gasteiger partial charge in [0.25, 0.3) is 11.8 Å². The first kappa shape index (κ1) is 20.9. The van der Waals surface area contributed by atoms with Gasteiger partial charge in [-0.2, -0.15) is 0 Å². The molecule has 2 amide bonds. The molecule has 5 heteroatoms. The molecule has 0 radical (unpaired) electrons. The summed E-state index contributed by atoms with van der Waals surface area (Å²) >= 11 is 0. The van der Waals surface area contributed by atoms with Crippen LogP contribution in [-0.2, 0) is 0 Å². The molecule has 0 unspecified atom stereocenters. The van der Waals surface area contributed by atoms with Crippen molar-refractivity contribution in [3.8, 4) is 0 Å². The third-order valence-electron chi connectivity index (χ3n) is 5.52. The first-order valence-corrected chi connectivity index (χ1v) is 10.7. The maximum absolute atomic E-state index is 12.8. The molecular weight excluding hydrogens is 362 g/mol. The Balaban J connectivity index is 1.68. The molecule has 0 spiro atoms. The predicted molar refractivity (Wildman–Crippen MR) is 119 cm³/mol. The predicted octanol–water partition coefficient (Wildman–Crippen LogP) is 4.80. The number of hydrogen-bond donors (Lipinski definition) is 1. The number of anilines is 2. The smallest absolute Gasteiger partial charge is 0.255 e. The fourth-order valence-corrected chi connectivity index (χ4v) is 3.80. The van der Waals surface area contributed by atoms with Crippen LogP contribution in [0.15, 0.2) is 48.5 Å². The lowest BCUT2D eigenvalue weighted by Crippen LogP contribution is -2.32. The van der Waals surface area contributed by atoms with Gasteiger partial charge in [-0.1, -0.05) is 18.9 Å². The van der Waals surface area contributed by atoms with Crippen molar-refractivity contribution in [3.05, 3.63) is 59.7 Å². The number of nitrogens with one attached hydrogen (secondary N) is 1. The average molecular weight is 394 g/mol. The number of benzene rings is 2. The molecule has 0 aliphatic carbocycles. The number of carbonyl (C=O) groups excluding carboxylic acids is 2. The highest BCUT2D eigenvalue weighted by Gasteiger charge is 2.18. The van der Waals surface area contributed by atoms with E-state index in [1.54, 1.807) is 24.3 Å². The van der Waals surface area contributed by atoms with E-state index in [0.717, 1.165) is 50.4 Å². The van der Waals surface area contributed by atoms with E-state index in [9.17, 15) is 9.59 Å². The van der Waals surface area contributed by atoms with Gasteiger partial charge in [-0.05, 0) is 69.2 Å². The molecule has 2 aromatic carbocycles. The van der Waals surface area contributed by atoms with Crippen molar-refractivity contribution in [1.29, 1.82) is 0 Å². The Labute approximate surface area is 173 Å². The summed E-state index contributed by atoms with van der Waals surface area (Å²) in [5, 5.41) is 2.93. The Morgan fingerprint density at radius 3 is 2.14 bits per heavy atom. The van der Waals surface area contributed by atoms with Crippen LogP contribution in [0.1, 0.15) is 60.2 Å². The van der Waals surface area contributed by atoms with Crippen molar-refractivity contribution in [3.63, 3.8) is 0 Å². The van der Waals surface area contributed by atoms with Crippen LogP contribution in [0, 0.1) is 0 Å². The van der Waals surface area contributed by atoms with E-state index in [2.05, 4.69) is 24.1 Å². The van der Waals surface area contributed by atoms with E-state index < -0.39 is 0 Å². The fraction of sp³-hybridized carbons (Fsp3) is 0.417. The molecule has 1 N–H and O–H groups in total. The third-order valence-corrected chi connectivity index (χ3v) is 5.52. The Morgan fingerprint density at radius 2 is 1.52 bits per heavy atom. The van der Waals surface area contributed by atoms with Crippen molar-refractivity contribution in [2.75, 3.05) is 36.4 Å². The lowest BCUT2D eigenvalue weighted by atomic mass is 10.1. The van der Waals surface area contributed by atoms with E-state index >= 15 is 0 Å². The van der Waals surface area contributed by atoms with E-state index in [-0.39, 0.29) is 11.8 Å². The zero-order valence-electron chi connectivity index (χ0n) is 17.5. The van der Waals surface area contributed by atoms with Crippen LogP contribution in [0.5, 0.6) is 0 Å². The van der Waals surface area contributed by atoms with Crippen molar-refractivity contribution in [2.45, 2.75) is 39.5 Å². The molecule has 2 aromatic rings. The molecule has 1 heterocycles. The first-order chi connectivity index (χ1) is 14.1. The number of amides is 2. The van der Waals surface area contributed by atoms with Crippen LogP contribution in [-0.4, -0.2) is 42.9 Å². The van der Waals surface area contributed by atoms with Crippen LogP contribution in [0.3, 0.4) is 0 Å². The number of nitrogens with zero attached hydrogens (tertiary/aromatic N) is 2. The van der Waals surface area contributed by atoms with Gasteiger partial charge in [0.15, 0.2) is 0 Å². The molecule has 0 saturated carbocycles. The van der Waals surface area contributed by atoms with E-state index in [1.165, 1.54) is 12.8 Å². The number of likely N-dealkylation sites (tertiary alicyclic amines) is 1. The van der Waals surface area contributed by atoms with Gasteiger partial charge in [0, 0.05) is 48.7 Å². The van der Waals surface area contributed by atoms with Crippen LogP contribution in [0.4, 0.5) is 11.4 Å². The summed E-state index contributed by atoms with van der Waals surface area (Å²) in [7, 11) is 0. The minimum Gasteiger partial charge on any atom is -0.372 e. The van der Waals surface area contributed by atoms with Gasteiger partial charge in [-0.3, -0.25) is 9.59 Å². The summed E-state index contributed by atoms with van der Waals surface area (Å²) in [4.78, 5) is 29.7. The summed E-state index contributed by atoms with van der Waals surface area (Å²) in [6, 6.07) is 14.9. The SMILES string of the molecule is CCN(CC)c1ccc(NC(=O)c2cccc(C(=O)N3CCCCCC3)c2)cc1. The quantitative estimate of drug-likeness (QED) is 0.767. The van der Waals surface area contributed by atoms with Gasteiger partial charge in [0.2, 0.25) is 0 Å². The third kappa shape index (κ3) is 5.37. The first-order valence-electron chi connectivity index (χ1n) is 10.7. The highest BCUT2D eigenvalue weighted by molar-refractivity contribution is 6.06. The molecule has 1 fully saturated rings. The van der Waals surface area contributed by atoms with Crippen molar-refractivity contribution < 1.29 is 9.59 Å². The number of hydrogen-bond acceptors (Lipinski definition) is 3. The minimum atomic E-state index is -0.203. The molecular formula is C24H31N3O2. The standard InChI is InChI=1S/C24H31N3O2/c1-3-26(4-2)22-14-12-21(13-15-22)25-23(28)19-10-9-11-20(18-19)24(29)27-16-7-5-6-8-17-27/h9-15,18H,3-8,16-17H2,1-2H3,(H,25,28). The molecule has 1 aliphatic heterocycles. The summed E-state index contributed by atoms with van der Waals surface area (Å²) in [5.41, 5.74) is 2.96. The van der Waals surface area contributed by atoms with Gasteiger partial charge in [-0.25, -0.2) is 0 Å². The fourth-order valence-electron chi connectivity index (χ4n) is 3.80. The van der Waals surface area contributed by atoms with Gasteiger partial charge < -0.3 is 15.1 Å². The second kappa shape index (κ2) is 10.1. The van der Waals surface area contributed by atoms with Gasteiger partial charge in [-0.15, -0.1) is 0 Å². The monoisotopic (exact) mass is 393 g/mol. The summed E-state index contributed by atoms with van der Waals surface area (Å²) in [5.74, 6) is -0.184. The van der Waals surface area contributed by atoms with Gasteiger partial charge in [0.05, 0.1) is 0 Å². The summed E-state index contributed by atoms with van der Waals surface area (Å²) < 4.78 is 0. The molecule has 0 atom stereocenters. The lowest BCUT2D eigenvalue weighted by molar-refractivity contribution is 0.0761. The molecule has 1 saturated heterocycles. The number of rotatable bonds is 6. The second-order valence-electron chi connectivity index (χ2n) is 7.46. The Hall–Kier alpha value is -2.82. The van der Waals surface area contributed by atoms with Crippen molar-refractivity contribution in [1.82, 2.24) is 4.90 Å². The molecule has 154 valence electrons. The Morgan fingerprint density at radius 1 is 0.897 bits per heavy atom. The molecule has 5 nitrogen and oxygen atoms in total. The largest absolute Gasteiger partial charge is 0.372 e. The Bertz CT molecular complexity index is 820. The molecule has 3 rings (SSSR count). The van der Waals surface area contributed by atoms with Crippen LogP contribution in [0.25, 0.3) is 0 Å². The normalized spacial score (nSPS) is 14.2. The molecule has 29 heavy (non-hydrogen) atoms. The molecule has 1 aliphatic rings. The molecule has 0 aromatic heterocycles. The van der Waals surface area contributed by atoms with Crippen LogP contribution in [0.2, 0.25) is 0 Å². The maximum Gasteiger partial charge on any atom is 0.255 e. The number of carbonyl (C=O) groups is 2. The van der Waals surface area contributed by atoms with Crippen LogP contribution < -0.4 is 10.2 Å². The highest BCUT2D eigenvalue weighted by atomic mass is 16.2. The zero-order chi connectivity index (χ0) is 20.6. The molecule has 0 bridgehead atoms. The van der Waals surface area contributed by atoms with E-state index in [0.29, 0.717) is 11.1 Å². The highest BCUT2D eigenvalue weighted by Crippen LogP contribution is 2.19. The summed E-state index contributed by atoms with van der Waals surface area (Å²) in [6.07, 6.45) is 4.46.